The molecule has 0 bridgehead atoms. The smallest absolute Gasteiger partial charge is 0.276 e. The Bertz CT molecular complexity index is 545. The third-order valence-corrected chi connectivity index (χ3v) is 2.30. The summed E-state index contributed by atoms with van der Waals surface area (Å²) in [5.74, 6) is -0.991. The van der Waals surface area contributed by atoms with Crippen molar-refractivity contribution in [3.63, 3.8) is 0 Å². The molecule has 2 rings (SSSR count). The summed E-state index contributed by atoms with van der Waals surface area (Å²) in [4.78, 5) is 11.9. The summed E-state index contributed by atoms with van der Waals surface area (Å²) in [7, 11) is 1.59. The molecule has 5 nitrogen and oxygen atoms in total. The summed E-state index contributed by atoms with van der Waals surface area (Å²) < 4.78 is 14.7. The fraction of sp³-hybridized carbons (Fsp3) is 0.0909. The molecule has 17 heavy (non-hydrogen) atoms. The third kappa shape index (κ3) is 2.10. The van der Waals surface area contributed by atoms with E-state index < -0.39 is 11.7 Å². The Morgan fingerprint density at radius 3 is 2.76 bits per heavy atom. The highest BCUT2D eigenvalue weighted by Crippen LogP contribution is 2.16. The summed E-state index contributed by atoms with van der Waals surface area (Å²) in [6, 6.07) is 5.91. The van der Waals surface area contributed by atoms with Crippen LogP contribution >= 0.6 is 0 Å². The van der Waals surface area contributed by atoms with Gasteiger partial charge >= 0.3 is 0 Å². The summed E-state index contributed by atoms with van der Waals surface area (Å²) in [6.45, 7) is 0. The van der Waals surface area contributed by atoms with E-state index in [1.807, 2.05) is 0 Å². The van der Waals surface area contributed by atoms with E-state index in [-0.39, 0.29) is 17.1 Å². The van der Waals surface area contributed by atoms with Crippen molar-refractivity contribution in [2.24, 2.45) is 7.05 Å². The second-order valence-electron chi connectivity index (χ2n) is 3.51. The number of hydrogen-bond acceptors (Lipinski definition) is 3. The molecule has 6 heteroatoms. The van der Waals surface area contributed by atoms with Crippen molar-refractivity contribution in [3.8, 4) is 0 Å². The van der Waals surface area contributed by atoms with Crippen molar-refractivity contribution < 1.29 is 9.18 Å². The van der Waals surface area contributed by atoms with Crippen LogP contribution in [0.4, 0.5) is 15.8 Å². The van der Waals surface area contributed by atoms with Gasteiger partial charge in [0.05, 0.1) is 17.6 Å². The monoisotopic (exact) mass is 234 g/mol. The minimum absolute atomic E-state index is 0.109. The average Bonchev–Trinajstić information content (AvgIpc) is 2.62. The highest BCUT2D eigenvalue weighted by atomic mass is 19.1. The molecule has 1 aromatic carbocycles. The molecule has 88 valence electrons. The number of nitrogens with two attached hydrogens (primary N) is 1. The van der Waals surface area contributed by atoms with Crippen LogP contribution in [0.25, 0.3) is 0 Å². The van der Waals surface area contributed by atoms with Crippen LogP contribution in [0.2, 0.25) is 0 Å². The number of para-hydroxylation sites is 1. The SMILES string of the molecule is Cn1ncc(N)c1C(=O)Nc1ccccc1F. The molecule has 0 spiro atoms. The Morgan fingerprint density at radius 2 is 2.18 bits per heavy atom. The lowest BCUT2D eigenvalue weighted by atomic mass is 10.3. The van der Waals surface area contributed by atoms with Crippen molar-refractivity contribution in [1.29, 1.82) is 0 Å². The number of aromatic nitrogens is 2. The first kappa shape index (κ1) is 11.1. The first-order valence-electron chi connectivity index (χ1n) is 4.93. The van der Waals surface area contributed by atoms with Crippen molar-refractivity contribution in [2.45, 2.75) is 0 Å². The largest absolute Gasteiger partial charge is 0.396 e. The predicted molar refractivity (Wildman–Crippen MR) is 62.0 cm³/mol. The molecule has 1 aromatic heterocycles. The molecule has 0 aliphatic carbocycles. The zero-order chi connectivity index (χ0) is 12.4. The van der Waals surface area contributed by atoms with Gasteiger partial charge < -0.3 is 11.1 Å². The number of aryl methyl sites for hydroxylation is 1. The molecule has 0 aliphatic heterocycles. The lowest BCUT2D eigenvalue weighted by molar-refractivity contribution is 0.101. The van der Waals surface area contributed by atoms with Crippen molar-refractivity contribution >= 4 is 17.3 Å². The topological polar surface area (TPSA) is 72.9 Å². The Balaban J connectivity index is 2.27. The van der Waals surface area contributed by atoms with Crippen LogP contribution in [0.1, 0.15) is 10.5 Å². The highest BCUT2D eigenvalue weighted by Gasteiger charge is 2.16. The molecule has 1 amide bonds. The number of benzene rings is 1. The zero-order valence-electron chi connectivity index (χ0n) is 9.14. The fourth-order valence-electron chi connectivity index (χ4n) is 1.48. The van der Waals surface area contributed by atoms with E-state index in [1.54, 1.807) is 19.2 Å². The van der Waals surface area contributed by atoms with Gasteiger partial charge in [-0.3, -0.25) is 9.48 Å². The van der Waals surface area contributed by atoms with Gasteiger partial charge in [-0.2, -0.15) is 5.10 Å². The molecule has 0 radical (unpaired) electrons. The maximum Gasteiger partial charge on any atom is 0.276 e. The van der Waals surface area contributed by atoms with Gasteiger partial charge in [0, 0.05) is 7.05 Å². The first-order valence-corrected chi connectivity index (χ1v) is 4.93. The van der Waals surface area contributed by atoms with E-state index in [9.17, 15) is 9.18 Å². The van der Waals surface area contributed by atoms with E-state index in [0.29, 0.717) is 0 Å². The van der Waals surface area contributed by atoms with Gasteiger partial charge in [0.2, 0.25) is 0 Å². The maximum atomic E-state index is 13.3. The number of nitrogen functional groups attached to an aromatic ring is 1. The van der Waals surface area contributed by atoms with Gasteiger partial charge in [0.25, 0.3) is 5.91 Å². The second-order valence-corrected chi connectivity index (χ2v) is 3.51. The van der Waals surface area contributed by atoms with Gasteiger partial charge in [0.1, 0.15) is 11.5 Å². The Labute approximate surface area is 97.0 Å². The van der Waals surface area contributed by atoms with Crippen LogP contribution < -0.4 is 11.1 Å². The number of carbonyl (C=O) groups excluding carboxylic acids is 1. The number of amides is 1. The Kier molecular flexibility index (Phi) is 2.78. The summed E-state index contributed by atoms with van der Waals surface area (Å²) >= 11 is 0. The molecule has 3 N–H and O–H groups in total. The minimum Gasteiger partial charge on any atom is -0.396 e. The van der Waals surface area contributed by atoms with Crippen LogP contribution in [0, 0.1) is 5.82 Å². The minimum atomic E-state index is -0.499. The molecule has 0 fully saturated rings. The van der Waals surface area contributed by atoms with E-state index >= 15 is 0 Å². The predicted octanol–water partition coefficient (Wildman–Crippen LogP) is 1.39. The Hall–Kier alpha value is -2.37. The molecule has 0 saturated carbocycles. The van der Waals surface area contributed by atoms with E-state index in [2.05, 4.69) is 10.4 Å². The zero-order valence-corrected chi connectivity index (χ0v) is 9.14. The normalized spacial score (nSPS) is 10.2. The number of hydrogen-bond donors (Lipinski definition) is 2. The first-order chi connectivity index (χ1) is 8.09. The van der Waals surface area contributed by atoms with E-state index in [4.69, 9.17) is 5.73 Å². The number of rotatable bonds is 2. The molecule has 1 heterocycles. The number of carbonyl (C=O) groups is 1. The van der Waals surface area contributed by atoms with Gasteiger partial charge in [-0.25, -0.2) is 4.39 Å². The number of anilines is 2. The Morgan fingerprint density at radius 1 is 1.47 bits per heavy atom. The van der Waals surface area contributed by atoms with Gasteiger partial charge in [0.15, 0.2) is 0 Å². The molecule has 2 aromatic rings. The standard InChI is InChI=1S/C11H11FN4O/c1-16-10(8(13)6-14-16)11(17)15-9-5-3-2-4-7(9)12/h2-6H,13H2,1H3,(H,15,17). The lowest BCUT2D eigenvalue weighted by Gasteiger charge is -2.06. The second kappa shape index (κ2) is 4.25. The quantitative estimate of drug-likeness (QED) is 0.824. The van der Waals surface area contributed by atoms with E-state index in [0.717, 1.165) is 0 Å². The van der Waals surface area contributed by atoms with E-state index in [1.165, 1.54) is 23.0 Å². The number of halogens is 1. The number of nitrogens with zero attached hydrogens (tertiary/aromatic N) is 2. The van der Waals surface area contributed by atoms with Gasteiger partial charge in [-0.1, -0.05) is 12.1 Å². The van der Waals surface area contributed by atoms with Crippen molar-refractivity contribution in [1.82, 2.24) is 9.78 Å². The molecule has 0 saturated heterocycles. The molecular formula is C11H11FN4O. The molecule has 0 atom stereocenters. The van der Waals surface area contributed by atoms with Gasteiger partial charge in [-0.05, 0) is 12.1 Å². The highest BCUT2D eigenvalue weighted by molar-refractivity contribution is 6.06. The van der Waals surface area contributed by atoms with Crippen LogP contribution in [0.5, 0.6) is 0 Å². The third-order valence-electron chi connectivity index (χ3n) is 2.30. The van der Waals surface area contributed by atoms with Crippen LogP contribution in [-0.4, -0.2) is 15.7 Å². The lowest BCUT2D eigenvalue weighted by Crippen LogP contribution is -2.18. The molecular weight excluding hydrogens is 223 g/mol. The number of nitrogens with one attached hydrogen (secondary N) is 1. The maximum absolute atomic E-state index is 13.3. The molecule has 0 unspecified atom stereocenters. The summed E-state index contributed by atoms with van der Waals surface area (Å²) in [5, 5.41) is 6.28. The summed E-state index contributed by atoms with van der Waals surface area (Å²) in [5.41, 5.74) is 6.16. The molecule has 0 aliphatic rings. The average molecular weight is 234 g/mol. The summed E-state index contributed by atoms with van der Waals surface area (Å²) in [6.07, 6.45) is 1.37. The van der Waals surface area contributed by atoms with Crippen molar-refractivity contribution in [2.75, 3.05) is 11.1 Å². The van der Waals surface area contributed by atoms with Crippen LogP contribution in [0.15, 0.2) is 30.5 Å². The van der Waals surface area contributed by atoms with Gasteiger partial charge in [-0.15, -0.1) is 0 Å². The van der Waals surface area contributed by atoms with Crippen LogP contribution in [0.3, 0.4) is 0 Å². The van der Waals surface area contributed by atoms with Crippen LogP contribution in [-0.2, 0) is 7.05 Å². The van der Waals surface area contributed by atoms with Crippen molar-refractivity contribution in [3.05, 3.63) is 42.0 Å². The fourth-order valence-corrected chi connectivity index (χ4v) is 1.48.